The van der Waals surface area contributed by atoms with Crippen molar-refractivity contribution in [1.29, 1.82) is 0 Å². The van der Waals surface area contributed by atoms with Crippen LogP contribution in [0.3, 0.4) is 0 Å². The van der Waals surface area contributed by atoms with Crippen LogP contribution in [-0.2, 0) is 0 Å². The van der Waals surface area contributed by atoms with Gasteiger partial charge in [0.2, 0.25) is 0 Å². The van der Waals surface area contributed by atoms with Gasteiger partial charge in [-0.15, -0.1) is 0 Å². The first kappa shape index (κ1) is 15.1. The molecule has 0 radical (unpaired) electrons. The maximum Gasteiger partial charge on any atom is 0.250 e. The summed E-state index contributed by atoms with van der Waals surface area (Å²) in [6.07, 6.45) is 0. The van der Waals surface area contributed by atoms with Crippen molar-refractivity contribution in [2.75, 3.05) is 5.73 Å². The van der Waals surface area contributed by atoms with Crippen LogP contribution in [0.25, 0.3) is 0 Å². The molecule has 0 saturated carbocycles. The van der Waals surface area contributed by atoms with Crippen molar-refractivity contribution in [2.24, 2.45) is 5.73 Å². The van der Waals surface area contributed by atoms with Crippen LogP contribution in [0.2, 0.25) is 5.02 Å². The van der Waals surface area contributed by atoms with Crippen molar-refractivity contribution in [3.8, 4) is 11.5 Å². The lowest BCUT2D eigenvalue weighted by Crippen LogP contribution is -2.14. The molecule has 0 aliphatic heterocycles. The highest BCUT2D eigenvalue weighted by Gasteiger charge is 2.15. The molecule has 2 rings (SSSR count). The number of carbonyl (C=O) groups excluding carboxylic acids is 1. The number of nitrogen functional groups attached to an aromatic ring is 1. The van der Waals surface area contributed by atoms with E-state index in [0.717, 1.165) is 17.2 Å². The molecule has 110 valence electrons. The number of nitrogens with two attached hydrogens (primary N) is 2. The van der Waals surface area contributed by atoms with Crippen molar-refractivity contribution in [3.05, 3.63) is 51.8 Å². The lowest BCUT2D eigenvalue weighted by atomic mass is 10.1. The fraction of sp³-hybridized carbons (Fsp3) is 0.133. The molecule has 0 fully saturated rings. The molecule has 0 bridgehead atoms. The summed E-state index contributed by atoms with van der Waals surface area (Å²) < 4.78 is 19.5. The van der Waals surface area contributed by atoms with E-state index < -0.39 is 11.7 Å². The largest absolute Gasteiger partial charge is 0.454 e. The molecule has 6 heteroatoms. The lowest BCUT2D eigenvalue weighted by molar-refractivity contribution is 0.100. The van der Waals surface area contributed by atoms with Gasteiger partial charge in [0.05, 0.1) is 5.56 Å². The Hall–Kier alpha value is -2.27. The third-order valence-electron chi connectivity index (χ3n) is 3.01. The number of anilines is 1. The number of benzene rings is 2. The average Bonchev–Trinajstić information content (AvgIpc) is 2.35. The molecule has 0 saturated heterocycles. The summed E-state index contributed by atoms with van der Waals surface area (Å²) >= 11 is 5.94. The van der Waals surface area contributed by atoms with Gasteiger partial charge in [-0.3, -0.25) is 4.79 Å². The summed E-state index contributed by atoms with van der Waals surface area (Å²) in [5.74, 6) is -1.07. The zero-order valence-corrected chi connectivity index (χ0v) is 12.3. The van der Waals surface area contributed by atoms with Gasteiger partial charge in [-0.1, -0.05) is 11.6 Å². The molecule has 2 aromatic rings. The Morgan fingerprint density at radius 1 is 1.19 bits per heavy atom. The zero-order chi connectivity index (χ0) is 15.7. The minimum atomic E-state index is -0.748. The molecular formula is C15H14ClFN2O2. The normalized spacial score (nSPS) is 10.5. The van der Waals surface area contributed by atoms with Crippen LogP contribution in [0, 0.1) is 19.7 Å². The molecule has 4 N–H and O–H groups in total. The monoisotopic (exact) mass is 308 g/mol. The summed E-state index contributed by atoms with van der Waals surface area (Å²) in [6.45, 7) is 3.58. The van der Waals surface area contributed by atoms with Gasteiger partial charge in [0.25, 0.3) is 5.91 Å². The maximum atomic E-state index is 13.9. The van der Waals surface area contributed by atoms with Crippen LogP contribution < -0.4 is 16.2 Å². The minimum absolute atomic E-state index is 0.00988. The standard InChI is InChI=1S/C15H14ClFN2O2/c1-7-3-9(16)4-8(2)14(7)21-13-5-10(15(19)20)12(18)6-11(13)17/h3-6H,18H2,1-2H3,(H2,19,20). The number of hydrogen-bond donors (Lipinski definition) is 2. The van der Waals surface area contributed by atoms with E-state index in [9.17, 15) is 9.18 Å². The molecule has 0 spiro atoms. The SMILES string of the molecule is Cc1cc(Cl)cc(C)c1Oc1cc(C(N)=O)c(N)cc1F. The van der Waals surface area contributed by atoms with E-state index in [-0.39, 0.29) is 17.0 Å². The predicted octanol–water partition coefficient (Wildman–Crippen LogP) is 3.57. The van der Waals surface area contributed by atoms with Crippen LogP contribution in [0.1, 0.15) is 21.5 Å². The predicted molar refractivity (Wildman–Crippen MR) is 80.3 cm³/mol. The molecule has 21 heavy (non-hydrogen) atoms. The number of primary amides is 1. The Kier molecular flexibility index (Phi) is 4.04. The fourth-order valence-electron chi connectivity index (χ4n) is 2.03. The van der Waals surface area contributed by atoms with Crippen molar-refractivity contribution in [1.82, 2.24) is 0 Å². The lowest BCUT2D eigenvalue weighted by Gasteiger charge is -2.14. The molecule has 0 unspecified atom stereocenters. The van der Waals surface area contributed by atoms with Crippen LogP contribution in [0.5, 0.6) is 11.5 Å². The van der Waals surface area contributed by atoms with Gasteiger partial charge in [0.15, 0.2) is 11.6 Å². The van der Waals surface area contributed by atoms with Gasteiger partial charge in [-0.25, -0.2) is 4.39 Å². The number of halogens is 2. The van der Waals surface area contributed by atoms with Gasteiger partial charge >= 0.3 is 0 Å². The molecule has 0 aliphatic carbocycles. The van der Waals surface area contributed by atoms with Crippen LogP contribution in [0.4, 0.5) is 10.1 Å². The van der Waals surface area contributed by atoms with E-state index in [1.165, 1.54) is 6.07 Å². The second-order valence-electron chi connectivity index (χ2n) is 4.70. The zero-order valence-electron chi connectivity index (χ0n) is 11.5. The summed E-state index contributed by atoms with van der Waals surface area (Å²) in [7, 11) is 0. The molecule has 2 aromatic carbocycles. The first-order chi connectivity index (χ1) is 9.79. The third kappa shape index (κ3) is 3.08. The molecule has 1 amide bonds. The molecule has 0 aromatic heterocycles. The highest BCUT2D eigenvalue weighted by atomic mass is 35.5. The summed E-state index contributed by atoms with van der Waals surface area (Å²) in [5.41, 5.74) is 12.2. The number of aryl methyl sites for hydroxylation is 2. The molecular weight excluding hydrogens is 295 g/mol. The molecule has 0 aliphatic rings. The van der Waals surface area contributed by atoms with E-state index in [1.54, 1.807) is 26.0 Å². The quantitative estimate of drug-likeness (QED) is 0.851. The average molecular weight is 309 g/mol. The number of hydrogen-bond acceptors (Lipinski definition) is 3. The maximum absolute atomic E-state index is 13.9. The van der Waals surface area contributed by atoms with Gasteiger partial charge < -0.3 is 16.2 Å². The van der Waals surface area contributed by atoms with Gasteiger partial charge in [0, 0.05) is 16.8 Å². The Morgan fingerprint density at radius 2 is 1.76 bits per heavy atom. The summed E-state index contributed by atoms with van der Waals surface area (Å²) in [6, 6.07) is 5.61. The summed E-state index contributed by atoms with van der Waals surface area (Å²) in [4.78, 5) is 11.3. The Morgan fingerprint density at radius 3 is 2.29 bits per heavy atom. The second kappa shape index (κ2) is 5.61. The highest BCUT2D eigenvalue weighted by molar-refractivity contribution is 6.30. The van der Waals surface area contributed by atoms with Crippen LogP contribution in [-0.4, -0.2) is 5.91 Å². The Labute approximate surface area is 126 Å². The third-order valence-corrected chi connectivity index (χ3v) is 3.22. The highest BCUT2D eigenvalue weighted by Crippen LogP contribution is 2.34. The number of ether oxygens (including phenoxy) is 1. The van der Waals surface area contributed by atoms with Gasteiger partial charge in [-0.05, 0) is 43.2 Å². The number of carbonyl (C=O) groups is 1. The second-order valence-corrected chi connectivity index (χ2v) is 5.14. The van der Waals surface area contributed by atoms with E-state index in [2.05, 4.69) is 0 Å². The van der Waals surface area contributed by atoms with Gasteiger partial charge in [-0.2, -0.15) is 0 Å². The van der Waals surface area contributed by atoms with Crippen LogP contribution in [0.15, 0.2) is 24.3 Å². The van der Waals surface area contributed by atoms with Crippen molar-refractivity contribution in [2.45, 2.75) is 13.8 Å². The van der Waals surface area contributed by atoms with E-state index in [4.69, 9.17) is 27.8 Å². The number of amides is 1. The minimum Gasteiger partial charge on any atom is -0.454 e. The van der Waals surface area contributed by atoms with Crippen molar-refractivity contribution in [3.63, 3.8) is 0 Å². The smallest absolute Gasteiger partial charge is 0.250 e. The topological polar surface area (TPSA) is 78.3 Å². The first-order valence-corrected chi connectivity index (χ1v) is 6.51. The fourth-order valence-corrected chi connectivity index (χ4v) is 2.36. The van der Waals surface area contributed by atoms with E-state index >= 15 is 0 Å². The number of rotatable bonds is 3. The first-order valence-electron chi connectivity index (χ1n) is 6.13. The van der Waals surface area contributed by atoms with E-state index in [1.807, 2.05) is 0 Å². The summed E-state index contributed by atoms with van der Waals surface area (Å²) in [5, 5.41) is 0.563. The van der Waals surface area contributed by atoms with Gasteiger partial charge in [0.1, 0.15) is 5.75 Å². The Balaban J connectivity index is 2.50. The molecule has 4 nitrogen and oxygen atoms in total. The van der Waals surface area contributed by atoms with Crippen LogP contribution >= 0.6 is 11.6 Å². The molecule has 0 atom stereocenters. The van der Waals surface area contributed by atoms with Crippen molar-refractivity contribution >= 4 is 23.2 Å². The Bertz CT molecular complexity index is 709. The van der Waals surface area contributed by atoms with Crippen molar-refractivity contribution < 1.29 is 13.9 Å². The van der Waals surface area contributed by atoms with E-state index in [0.29, 0.717) is 10.8 Å². The molecule has 0 heterocycles.